The number of benzene rings is 2. The molecule has 132 valence electrons. The van der Waals surface area contributed by atoms with Crippen molar-refractivity contribution in [2.75, 3.05) is 26.2 Å². The maximum absolute atomic E-state index is 6.04. The van der Waals surface area contributed by atoms with Crippen molar-refractivity contribution in [1.29, 1.82) is 0 Å². The van der Waals surface area contributed by atoms with Gasteiger partial charge in [0.1, 0.15) is 5.75 Å². The van der Waals surface area contributed by atoms with Crippen LogP contribution in [0.25, 0.3) is 6.08 Å². The molecule has 0 aliphatic carbocycles. The number of halogens is 2. The Morgan fingerprint density at radius 2 is 1.92 bits per heavy atom. The van der Waals surface area contributed by atoms with Crippen molar-refractivity contribution in [3.63, 3.8) is 0 Å². The zero-order valence-electron chi connectivity index (χ0n) is 14.2. The molecule has 1 saturated heterocycles. The normalized spacial score (nSPS) is 18.6. The van der Waals surface area contributed by atoms with E-state index in [0.29, 0.717) is 16.0 Å². The SMILES string of the molecule is Clc1ccc(OCC2CCCN(CC=Cc3ccccc3)C2)cc1Cl. The van der Waals surface area contributed by atoms with Crippen LogP contribution in [0.4, 0.5) is 0 Å². The average Bonchev–Trinajstić information content (AvgIpc) is 2.64. The largest absolute Gasteiger partial charge is 0.493 e. The highest BCUT2D eigenvalue weighted by molar-refractivity contribution is 6.42. The summed E-state index contributed by atoms with van der Waals surface area (Å²) in [6.45, 7) is 3.93. The van der Waals surface area contributed by atoms with Gasteiger partial charge in [0.2, 0.25) is 0 Å². The van der Waals surface area contributed by atoms with E-state index in [4.69, 9.17) is 27.9 Å². The Kier molecular flexibility index (Phi) is 6.80. The molecule has 3 rings (SSSR count). The topological polar surface area (TPSA) is 12.5 Å². The average molecular weight is 376 g/mol. The molecule has 0 spiro atoms. The van der Waals surface area contributed by atoms with Gasteiger partial charge in [-0.15, -0.1) is 0 Å². The Morgan fingerprint density at radius 1 is 1.08 bits per heavy atom. The zero-order chi connectivity index (χ0) is 17.5. The third-order valence-electron chi connectivity index (χ3n) is 4.45. The van der Waals surface area contributed by atoms with Crippen LogP contribution in [0.2, 0.25) is 10.0 Å². The Bertz CT molecular complexity index is 702. The first-order valence-electron chi connectivity index (χ1n) is 8.72. The molecule has 25 heavy (non-hydrogen) atoms. The van der Waals surface area contributed by atoms with Crippen molar-refractivity contribution in [2.24, 2.45) is 5.92 Å². The van der Waals surface area contributed by atoms with Gasteiger partial charge in [0, 0.05) is 25.1 Å². The summed E-state index contributed by atoms with van der Waals surface area (Å²) in [6, 6.07) is 15.9. The van der Waals surface area contributed by atoms with Crippen molar-refractivity contribution >= 4 is 29.3 Å². The summed E-state index contributed by atoms with van der Waals surface area (Å²) in [5.41, 5.74) is 1.25. The van der Waals surface area contributed by atoms with Crippen molar-refractivity contribution in [2.45, 2.75) is 12.8 Å². The molecule has 0 radical (unpaired) electrons. The monoisotopic (exact) mass is 375 g/mol. The Balaban J connectivity index is 1.46. The minimum absolute atomic E-state index is 0.537. The Morgan fingerprint density at radius 3 is 2.72 bits per heavy atom. The Hall–Kier alpha value is -1.48. The number of hydrogen-bond donors (Lipinski definition) is 0. The molecule has 0 N–H and O–H groups in total. The van der Waals surface area contributed by atoms with E-state index in [2.05, 4.69) is 41.3 Å². The highest BCUT2D eigenvalue weighted by atomic mass is 35.5. The smallest absolute Gasteiger partial charge is 0.120 e. The van der Waals surface area contributed by atoms with Gasteiger partial charge < -0.3 is 4.74 Å². The molecule has 2 aromatic rings. The maximum Gasteiger partial charge on any atom is 0.120 e. The first-order chi connectivity index (χ1) is 12.2. The second-order valence-corrected chi connectivity index (χ2v) is 7.28. The first-order valence-corrected chi connectivity index (χ1v) is 9.48. The molecule has 1 heterocycles. The summed E-state index contributed by atoms with van der Waals surface area (Å²) in [7, 11) is 0. The minimum atomic E-state index is 0.537. The number of likely N-dealkylation sites (tertiary alicyclic amines) is 1. The Labute approximate surface area is 160 Å². The van der Waals surface area contributed by atoms with Crippen LogP contribution in [0.5, 0.6) is 5.75 Å². The van der Waals surface area contributed by atoms with Gasteiger partial charge in [-0.1, -0.05) is 65.7 Å². The molecule has 0 aromatic heterocycles. The van der Waals surface area contributed by atoms with Crippen molar-refractivity contribution in [1.82, 2.24) is 4.90 Å². The molecule has 1 unspecified atom stereocenters. The van der Waals surface area contributed by atoms with Gasteiger partial charge in [0.05, 0.1) is 16.7 Å². The van der Waals surface area contributed by atoms with Gasteiger partial charge in [-0.05, 0) is 37.1 Å². The lowest BCUT2D eigenvalue weighted by atomic mass is 9.99. The summed E-state index contributed by atoms with van der Waals surface area (Å²) in [4.78, 5) is 2.49. The van der Waals surface area contributed by atoms with Crippen LogP contribution in [0, 0.1) is 5.92 Å². The molecule has 1 fully saturated rings. The van der Waals surface area contributed by atoms with E-state index in [1.807, 2.05) is 12.1 Å². The van der Waals surface area contributed by atoms with E-state index in [1.54, 1.807) is 12.1 Å². The van der Waals surface area contributed by atoms with E-state index in [-0.39, 0.29) is 0 Å². The highest BCUT2D eigenvalue weighted by Crippen LogP contribution is 2.27. The third-order valence-corrected chi connectivity index (χ3v) is 5.19. The van der Waals surface area contributed by atoms with E-state index in [0.717, 1.165) is 32.0 Å². The summed E-state index contributed by atoms with van der Waals surface area (Å²) < 4.78 is 5.92. The quantitative estimate of drug-likeness (QED) is 0.632. The van der Waals surface area contributed by atoms with Crippen LogP contribution in [0.3, 0.4) is 0 Å². The molecule has 1 atom stereocenters. The number of piperidine rings is 1. The van der Waals surface area contributed by atoms with Crippen molar-refractivity contribution in [3.05, 3.63) is 70.2 Å². The summed E-state index contributed by atoms with van der Waals surface area (Å²) in [5.74, 6) is 1.34. The fourth-order valence-electron chi connectivity index (χ4n) is 3.14. The van der Waals surface area contributed by atoms with Crippen LogP contribution < -0.4 is 4.74 Å². The lowest BCUT2D eigenvalue weighted by molar-refractivity contribution is 0.140. The molecular weight excluding hydrogens is 353 g/mol. The van der Waals surface area contributed by atoms with Gasteiger partial charge in [-0.2, -0.15) is 0 Å². The lowest BCUT2D eigenvalue weighted by Crippen LogP contribution is -2.37. The van der Waals surface area contributed by atoms with Crippen LogP contribution in [0.15, 0.2) is 54.6 Å². The van der Waals surface area contributed by atoms with Gasteiger partial charge in [-0.3, -0.25) is 4.90 Å². The number of rotatable bonds is 6. The minimum Gasteiger partial charge on any atom is -0.493 e. The van der Waals surface area contributed by atoms with Crippen LogP contribution in [0.1, 0.15) is 18.4 Å². The molecule has 1 aliphatic heterocycles. The fourth-order valence-corrected chi connectivity index (χ4v) is 3.42. The highest BCUT2D eigenvalue weighted by Gasteiger charge is 2.19. The van der Waals surface area contributed by atoms with Gasteiger partial charge in [0.15, 0.2) is 0 Å². The van der Waals surface area contributed by atoms with E-state index >= 15 is 0 Å². The van der Waals surface area contributed by atoms with E-state index in [9.17, 15) is 0 Å². The summed E-state index contributed by atoms with van der Waals surface area (Å²) >= 11 is 12.0. The van der Waals surface area contributed by atoms with Crippen LogP contribution in [-0.4, -0.2) is 31.1 Å². The lowest BCUT2D eigenvalue weighted by Gasteiger charge is -2.31. The predicted molar refractivity (Wildman–Crippen MR) is 107 cm³/mol. The van der Waals surface area contributed by atoms with Gasteiger partial charge in [0.25, 0.3) is 0 Å². The maximum atomic E-state index is 6.04. The third kappa shape index (κ3) is 5.78. The standard InChI is InChI=1S/C21H23Cl2NO/c22-20-11-10-19(14-21(20)23)25-16-18-9-5-13-24(15-18)12-4-8-17-6-2-1-3-7-17/h1-4,6-8,10-11,14,18H,5,9,12-13,15-16H2. The van der Waals surface area contributed by atoms with Crippen LogP contribution in [-0.2, 0) is 0 Å². The molecular formula is C21H23Cl2NO. The number of nitrogens with zero attached hydrogens (tertiary/aromatic N) is 1. The summed E-state index contributed by atoms with van der Waals surface area (Å²) in [5, 5.41) is 1.10. The molecule has 2 nitrogen and oxygen atoms in total. The second-order valence-electron chi connectivity index (χ2n) is 6.47. The molecule has 1 aliphatic rings. The molecule has 2 aromatic carbocycles. The van der Waals surface area contributed by atoms with E-state index in [1.165, 1.54) is 18.4 Å². The van der Waals surface area contributed by atoms with Gasteiger partial charge in [-0.25, -0.2) is 0 Å². The molecule has 0 saturated carbocycles. The van der Waals surface area contributed by atoms with Crippen molar-refractivity contribution in [3.8, 4) is 5.75 Å². The molecule has 4 heteroatoms. The van der Waals surface area contributed by atoms with Gasteiger partial charge >= 0.3 is 0 Å². The summed E-state index contributed by atoms with van der Waals surface area (Å²) in [6.07, 6.45) is 6.86. The molecule has 0 amide bonds. The zero-order valence-corrected chi connectivity index (χ0v) is 15.7. The number of hydrogen-bond acceptors (Lipinski definition) is 2. The molecule has 0 bridgehead atoms. The predicted octanol–water partition coefficient (Wildman–Crippen LogP) is 5.80. The first kappa shape index (κ1) is 18.3. The second kappa shape index (κ2) is 9.28. The van der Waals surface area contributed by atoms with E-state index < -0.39 is 0 Å². The number of ether oxygens (including phenoxy) is 1. The fraction of sp³-hybridized carbons (Fsp3) is 0.333. The van der Waals surface area contributed by atoms with Crippen LogP contribution >= 0.6 is 23.2 Å². The van der Waals surface area contributed by atoms with Crippen molar-refractivity contribution < 1.29 is 4.74 Å².